The second-order valence-corrected chi connectivity index (χ2v) is 4.93. The molecule has 0 radical (unpaired) electrons. The smallest absolute Gasteiger partial charge is 0.748 e. The molecule has 1 saturated heterocycles. The van der Waals surface area contributed by atoms with Crippen molar-refractivity contribution in [1.82, 2.24) is 0 Å². The fourth-order valence-electron chi connectivity index (χ4n) is 1.55. The summed E-state index contributed by atoms with van der Waals surface area (Å²) in [6.07, 6.45) is -6.24. The number of hydrogen-bond donors (Lipinski definition) is 3. The molecule has 8 nitrogen and oxygen atoms in total. The number of ether oxygens (including phenoxy) is 2. The van der Waals surface area contributed by atoms with Crippen molar-refractivity contribution in [3.05, 3.63) is 0 Å². The molecule has 1 aliphatic rings. The van der Waals surface area contributed by atoms with Gasteiger partial charge in [0.25, 0.3) is 0 Å². The van der Waals surface area contributed by atoms with Crippen LogP contribution >= 0.6 is 0 Å². The van der Waals surface area contributed by atoms with E-state index in [-0.39, 0.29) is 29.6 Å². The molecule has 5 atom stereocenters. The quantitative estimate of drug-likeness (QED) is 0.343. The molecule has 96 valence electrons. The van der Waals surface area contributed by atoms with Gasteiger partial charge >= 0.3 is 29.6 Å². The van der Waals surface area contributed by atoms with Gasteiger partial charge < -0.3 is 29.3 Å². The Morgan fingerprint density at radius 1 is 1.35 bits per heavy atom. The maximum absolute atomic E-state index is 10.9. The van der Waals surface area contributed by atoms with Gasteiger partial charge in [-0.2, -0.15) is 0 Å². The van der Waals surface area contributed by atoms with Gasteiger partial charge in [-0.3, -0.25) is 0 Å². The third-order valence-electron chi connectivity index (χ3n) is 2.39. The monoisotopic (exact) mass is 280 g/mol. The number of rotatable bonds is 3. The molecular formula is C7H13NaO8S. The van der Waals surface area contributed by atoms with E-state index in [9.17, 15) is 23.2 Å². The molecule has 0 amide bonds. The first-order valence-corrected chi connectivity index (χ1v) is 5.90. The van der Waals surface area contributed by atoms with Gasteiger partial charge in [0.1, 0.15) is 33.7 Å². The van der Waals surface area contributed by atoms with Gasteiger partial charge in [0.2, 0.25) is 0 Å². The molecule has 17 heavy (non-hydrogen) atoms. The van der Waals surface area contributed by atoms with E-state index >= 15 is 0 Å². The second-order valence-electron chi connectivity index (χ2n) is 3.40. The molecule has 1 fully saturated rings. The van der Waals surface area contributed by atoms with Gasteiger partial charge in [-0.05, 0) is 0 Å². The van der Waals surface area contributed by atoms with Crippen LogP contribution < -0.4 is 29.6 Å². The van der Waals surface area contributed by atoms with Crippen molar-refractivity contribution in [3.8, 4) is 0 Å². The minimum atomic E-state index is -4.89. The van der Waals surface area contributed by atoms with E-state index in [1.54, 1.807) is 0 Å². The van der Waals surface area contributed by atoms with Gasteiger partial charge in [-0.1, -0.05) is 0 Å². The minimum absolute atomic E-state index is 0. The van der Waals surface area contributed by atoms with Crippen LogP contribution in [0.5, 0.6) is 0 Å². The molecule has 0 aromatic heterocycles. The van der Waals surface area contributed by atoms with E-state index in [0.29, 0.717) is 0 Å². The van der Waals surface area contributed by atoms with Crippen LogP contribution in [-0.2, 0) is 19.6 Å². The first-order valence-electron chi connectivity index (χ1n) is 4.43. The molecule has 1 heterocycles. The van der Waals surface area contributed by atoms with Gasteiger partial charge in [0, 0.05) is 7.11 Å². The Kier molecular flexibility index (Phi) is 7.04. The van der Waals surface area contributed by atoms with Crippen LogP contribution in [0.4, 0.5) is 0 Å². The summed E-state index contributed by atoms with van der Waals surface area (Å²) in [5, 5.41) is 25.7. The zero-order chi connectivity index (χ0) is 12.5. The van der Waals surface area contributed by atoms with Crippen LogP contribution in [0, 0.1) is 0 Å². The van der Waals surface area contributed by atoms with Crippen molar-refractivity contribution in [1.29, 1.82) is 0 Å². The summed E-state index contributed by atoms with van der Waals surface area (Å²) in [7, 11) is -3.81. The molecule has 0 aliphatic carbocycles. The number of aliphatic hydroxyl groups excluding tert-OH is 3. The summed E-state index contributed by atoms with van der Waals surface area (Å²) in [6, 6.07) is 0. The average Bonchev–Trinajstić information content (AvgIpc) is 2.19. The molecule has 1 rings (SSSR count). The molecular weight excluding hydrogens is 267 g/mol. The van der Waals surface area contributed by atoms with E-state index in [4.69, 9.17) is 9.84 Å². The summed E-state index contributed by atoms with van der Waals surface area (Å²) in [4.78, 5) is 0. The SMILES string of the molecule is CO[C@@H]1O[C@H](CO)[C@@H](O)[C@H](O)[C@H]1S(=O)(=O)[O-].[Na+]. The van der Waals surface area contributed by atoms with Gasteiger partial charge in [-0.15, -0.1) is 0 Å². The van der Waals surface area contributed by atoms with Crippen LogP contribution in [-0.4, -0.2) is 71.9 Å². The van der Waals surface area contributed by atoms with Gasteiger partial charge in [0.15, 0.2) is 6.29 Å². The van der Waals surface area contributed by atoms with Crippen LogP contribution in [0.15, 0.2) is 0 Å². The minimum Gasteiger partial charge on any atom is -0.748 e. The predicted octanol–water partition coefficient (Wildman–Crippen LogP) is -6.01. The molecule has 10 heteroatoms. The molecule has 0 unspecified atom stereocenters. The Morgan fingerprint density at radius 3 is 2.24 bits per heavy atom. The van der Waals surface area contributed by atoms with E-state index in [0.717, 1.165) is 7.11 Å². The molecule has 0 bridgehead atoms. The normalized spacial score (nSPS) is 38.5. The second kappa shape index (κ2) is 6.75. The van der Waals surface area contributed by atoms with E-state index in [1.165, 1.54) is 0 Å². The maximum atomic E-state index is 10.9. The van der Waals surface area contributed by atoms with Gasteiger partial charge in [0.05, 0.1) is 6.61 Å². The largest absolute Gasteiger partial charge is 1.00 e. The van der Waals surface area contributed by atoms with E-state index in [1.807, 2.05) is 0 Å². The number of hydrogen-bond acceptors (Lipinski definition) is 8. The van der Waals surface area contributed by atoms with Crippen molar-refractivity contribution < 1.29 is 67.3 Å². The fraction of sp³-hybridized carbons (Fsp3) is 1.00. The van der Waals surface area contributed by atoms with E-state index < -0.39 is 46.6 Å². The predicted molar refractivity (Wildman–Crippen MR) is 48.3 cm³/mol. The van der Waals surface area contributed by atoms with Crippen molar-refractivity contribution in [2.75, 3.05) is 13.7 Å². The molecule has 3 N–H and O–H groups in total. The molecule has 0 spiro atoms. The summed E-state index contributed by atoms with van der Waals surface area (Å²) in [6.45, 7) is -0.635. The number of aliphatic hydroxyl groups is 3. The summed E-state index contributed by atoms with van der Waals surface area (Å²) in [5.74, 6) is 0. The molecule has 1 aliphatic heterocycles. The standard InChI is InChI=1S/C7H14O8S.Na/c1-14-7-6(16(11,12)13)5(10)4(9)3(2-8)15-7;/h3-10H,2H2,1H3,(H,11,12,13);/q;+1/p-1/t3-,4-,5+,6-,7-;/m1./s1. The van der Waals surface area contributed by atoms with Crippen molar-refractivity contribution >= 4 is 10.1 Å². The maximum Gasteiger partial charge on any atom is 1.00 e. The Labute approximate surface area is 121 Å². The van der Waals surface area contributed by atoms with E-state index in [2.05, 4.69) is 4.74 Å². The third-order valence-corrected chi connectivity index (χ3v) is 3.56. The summed E-state index contributed by atoms with van der Waals surface area (Å²) in [5.41, 5.74) is 0. The Bertz CT molecular complexity index is 331. The molecule has 0 saturated carbocycles. The summed E-state index contributed by atoms with van der Waals surface area (Å²) >= 11 is 0. The fourth-order valence-corrected chi connectivity index (χ4v) is 2.50. The third kappa shape index (κ3) is 3.83. The molecule has 0 aromatic rings. The first kappa shape index (κ1) is 17.7. The Balaban J connectivity index is 0.00000256. The van der Waals surface area contributed by atoms with Gasteiger partial charge in [-0.25, -0.2) is 8.42 Å². The zero-order valence-corrected chi connectivity index (χ0v) is 12.2. The van der Waals surface area contributed by atoms with Crippen LogP contribution in [0.2, 0.25) is 0 Å². The van der Waals surface area contributed by atoms with Crippen molar-refractivity contribution in [2.24, 2.45) is 0 Å². The first-order chi connectivity index (χ1) is 7.32. The van der Waals surface area contributed by atoms with Crippen LogP contribution in [0.3, 0.4) is 0 Å². The van der Waals surface area contributed by atoms with Crippen molar-refractivity contribution in [3.63, 3.8) is 0 Å². The zero-order valence-electron chi connectivity index (χ0n) is 9.38. The molecule has 0 aromatic carbocycles. The van der Waals surface area contributed by atoms with Crippen LogP contribution in [0.1, 0.15) is 0 Å². The Morgan fingerprint density at radius 2 is 1.88 bits per heavy atom. The summed E-state index contributed by atoms with van der Waals surface area (Å²) < 4.78 is 42.0. The van der Waals surface area contributed by atoms with Crippen molar-refractivity contribution in [2.45, 2.75) is 29.9 Å². The topological polar surface area (TPSA) is 136 Å². The Hall–Kier alpha value is 0.710. The van der Waals surface area contributed by atoms with Crippen LogP contribution in [0.25, 0.3) is 0 Å². The number of methoxy groups -OCH3 is 1. The average molecular weight is 280 g/mol.